The average molecular weight is 439 g/mol. The van der Waals surface area contributed by atoms with E-state index in [1.54, 1.807) is 30.3 Å². The maximum Gasteiger partial charge on any atom is 0.283 e. The zero-order valence-electron chi connectivity index (χ0n) is 15.2. The number of hydrogen-bond donors (Lipinski definition) is 1. The number of ether oxygens (including phenoxy) is 3. The van der Waals surface area contributed by atoms with Crippen LogP contribution in [0.25, 0.3) is 10.1 Å². The fourth-order valence-electron chi connectivity index (χ4n) is 2.58. The zero-order valence-corrected chi connectivity index (χ0v) is 17.5. The van der Waals surface area contributed by atoms with Crippen LogP contribution in [-0.4, -0.2) is 33.5 Å². The Kier molecular flexibility index (Phi) is 6.28. The second-order valence-corrected chi connectivity index (χ2v) is 7.41. The predicted molar refractivity (Wildman–Crippen MR) is 113 cm³/mol. The Morgan fingerprint density at radius 3 is 2.36 bits per heavy atom. The van der Waals surface area contributed by atoms with Crippen LogP contribution in [0.3, 0.4) is 0 Å². The van der Waals surface area contributed by atoms with E-state index in [1.807, 2.05) is 0 Å². The normalized spacial score (nSPS) is 11.0. The molecule has 0 unspecified atom stereocenters. The molecular formula is C19H16Cl2N2O4S. The summed E-state index contributed by atoms with van der Waals surface area (Å²) in [7, 11) is 4.57. The summed E-state index contributed by atoms with van der Waals surface area (Å²) in [6, 6.07) is 8.71. The highest BCUT2D eigenvalue weighted by atomic mass is 35.5. The molecule has 0 aliphatic rings. The van der Waals surface area contributed by atoms with Gasteiger partial charge in [0.05, 0.1) is 32.6 Å². The third kappa shape index (κ3) is 4.01. The highest BCUT2D eigenvalue weighted by Crippen LogP contribution is 2.38. The van der Waals surface area contributed by atoms with Crippen molar-refractivity contribution in [3.8, 4) is 17.2 Å². The van der Waals surface area contributed by atoms with Crippen molar-refractivity contribution in [1.82, 2.24) is 5.43 Å². The zero-order chi connectivity index (χ0) is 20.3. The lowest BCUT2D eigenvalue weighted by Gasteiger charge is -2.12. The van der Waals surface area contributed by atoms with E-state index in [2.05, 4.69) is 10.5 Å². The number of halogens is 2. The fourth-order valence-corrected chi connectivity index (χ4v) is 4.26. The number of rotatable bonds is 6. The molecule has 6 nitrogen and oxygen atoms in total. The maximum absolute atomic E-state index is 12.5. The highest BCUT2D eigenvalue weighted by Gasteiger charge is 2.17. The first-order chi connectivity index (χ1) is 13.5. The largest absolute Gasteiger partial charge is 0.493 e. The van der Waals surface area contributed by atoms with Crippen molar-refractivity contribution in [3.63, 3.8) is 0 Å². The summed E-state index contributed by atoms with van der Waals surface area (Å²) >= 11 is 13.6. The lowest BCUT2D eigenvalue weighted by atomic mass is 10.2. The number of fused-ring (bicyclic) bond motifs is 1. The van der Waals surface area contributed by atoms with Gasteiger partial charge in [-0.15, -0.1) is 11.3 Å². The standard InChI is InChI=1S/C19H16Cl2N2O4S/c1-25-13-6-10(7-14(26-2)17(13)27-3)9-22-23-19(24)18-16(21)12-5-4-11(20)8-15(12)28-18/h4-9H,1-3H3,(H,23,24)/b22-9-. The van der Waals surface area contributed by atoms with Gasteiger partial charge in [0.15, 0.2) is 11.5 Å². The first kappa shape index (κ1) is 20.3. The third-order valence-electron chi connectivity index (χ3n) is 3.86. The van der Waals surface area contributed by atoms with E-state index in [0.29, 0.717) is 37.7 Å². The SMILES string of the molecule is COc1cc(/C=N\NC(=O)c2sc3cc(Cl)ccc3c2Cl)cc(OC)c1OC. The third-order valence-corrected chi connectivity index (χ3v) is 5.76. The first-order valence-electron chi connectivity index (χ1n) is 7.99. The van der Waals surface area contributed by atoms with Crippen molar-refractivity contribution in [1.29, 1.82) is 0 Å². The van der Waals surface area contributed by atoms with Crippen molar-refractivity contribution >= 4 is 56.7 Å². The van der Waals surface area contributed by atoms with Gasteiger partial charge in [-0.2, -0.15) is 5.10 Å². The van der Waals surface area contributed by atoms with Gasteiger partial charge in [0.25, 0.3) is 5.91 Å². The predicted octanol–water partition coefficient (Wildman–Crippen LogP) is 5.00. The summed E-state index contributed by atoms with van der Waals surface area (Å²) in [5.74, 6) is 1.03. The van der Waals surface area contributed by atoms with Crippen LogP contribution in [0.15, 0.2) is 35.4 Å². The molecular weight excluding hydrogens is 423 g/mol. The molecule has 0 bridgehead atoms. The van der Waals surface area contributed by atoms with Crippen LogP contribution in [0.5, 0.6) is 17.2 Å². The van der Waals surface area contributed by atoms with E-state index >= 15 is 0 Å². The van der Waals surface area contributed by atoms with E-state index in [-0.39, 0.29) is 0 Å². The number of amides is 1. The molecule has 1 aromatic heterocycles. The molecule has 28 heavy (non-hydrogen) atoms. The van der Waals surface area contributed by atoms with Crippen LogP contribution in [0, 0.1) is 0 Å². The molecule has 0 saturated heterocycles. The summed E-state index contributed by atoms with van der Waals surface area (Å²) in [4.78, 5) is 12.8. The lowest BCUT2D eigenvalue weighted by Crippen LogP contribution is -2.16. The summed E-state index contributed by atoms with van der Waals surface area (Å²) in [6.45, 7) is 0. The van der Waals surface area contributed by atoms with Crippen LogP contribution in [0.4, 0.5) is 0 Å². The van der Waals surface area contributed by atoms with Crippen LogP contribution in [0.2, 0.25) is 10.0 Å². The molecule has 0 aliphatic heterocycles. The minimum Gasteiger partial charge on any atom is -0.493 e. The van der Waals surface area contributed by atoms with Crippen molar-refractivity contribution < 1.29 is 19.0 Å². The summed E-state index contributed by atoms with van der Waals surface area (Å²) in [6.07, 6.45) is 1.47. The number of carbonyl (C=O) groups is 1. The summed E-state index contributed by atoms with van der Waals surface area (Å²) < 4.78 is 16.7. The van der Waals surface area contributed by atoms with Crippen LogP contribution in [0.1, 0.15) is 15.2 Å². The van der Waals surface area contributed by atoms with Gasteiger partial charge in [-0.3, -0.25) is 4.79 Å². The molecule has 0 aliphatic carbocycles. The van der Waals surface area contributed by atoms with Crippen LogP contribution in [-0.2, 0) is 0 Å². The Labute approximate surface area is 175 Å². The molecule has 146 valence electrons. The van der Waals surface area contributed by atoms with E-state index in [4.69, 9.17) is 37.4 Å². The number of nitrogens with zero attached hydrogens (tertiary/aromatic N) is 1. The number of carbonyl (C=O) groups excluding carboxylic acids is 1. The fraction of sp³-hybridized carbons (Fsp3) is 0.158. The number of hydrazone groups is 1. The smallest absolute Gasteiger partial charge is 0.283 e. The number of thiophene rings is 1. The second kappa shape index (κ2) is 8.68. The van der Waals surface area contributed by atoms with Gasteiger partial charge in [0, 0.05) is 20.7 Å². The number of benzene rings is 2. The average Bonchev–Trinajstić information content (AvgIpc) is 3.02. The topological polar surface area (TPSA) is 69.2 Å². The molecule has 0 radical (unpaired) electrons. The van der Waals surface area contributed by atoms with Gasteiger partial charge >= 0.3 is 0 Å². The molecule has 1 heterocycles. The van der Waals surface area contributed by atoms with Crippen molar-refractivity contribution in [2.75, 3.05) is 21.3 Å². The van der Waals surface area contributed by atoms with Crippen molar-refractivity contribution in [3.05, 3.63) is 50.8 Å². The second-order valence-electron chi connectivity index (χ2n) is 5.54. The van der Waals surface area contributed by atoms with Gasteiger partial charge in [-0.05, 0) is 24.3 Å². The van der Waals surface area contributed by atoms with Crippen LogP contribution >= 0.6 is 34.5 Å². The molecule has 0 saturated carbocycles. The Balaban J connectivity index is 1.81. The van der Waals surface area contributed by atoms with Gasteiger partial charge in [0.2, 0.25) is 5.75 Å². The lowest BCUT2D eigenvalue weighted by molar-refractivity contribution is 0.0959. The molecule has 2 aromatic carbocycles. The summed E-state index contributed by atoms with van der Waals surface area (Å²) in [5, 5.41) is 5.73. The van der Waals surface area contributed by atoms with Crippen LogP contribution < -0.4 is 19.6 Å². The van der Waals surface area contributed by atoms with E-state index in [0.717, 1.165) is 10.1 Å². The number of methoxy groups -OCH3 is 3. The molecule has 0 spiro atoms. The molecule has 3 rings (SSSR count). The molecule has 0 fully saturated rings. The van der Waals surface area contributed by atoms with Gasteiger partial charge in [0.1, 0.15) is 4.88 Å². The monoisotopic (exact) mass is 438 g/mol. The molecule has 3 aromatic rings. The Morgan fingerprint density at radius 1 is 1.07 bits per heavy atom. The summed E-state index contributed by atoms with van der Waals surface area (Å²) in [5.41, 5.74) is 3.13. The maximum atomic E-state index is 12.5. The Morgan fingerprint density at radius 2 is 1.75 bits per heavy atom. The Hall–Kier alpha value is -2.48. The molecule has 9 heteroatoms. The molecule has 1 N–H and O–H groups in total. The minimum atomic E-state index is -0.411. The minimum absolute atomic E-state index is 0.362. The van der Waals surface area contributed by atoms with Gasteiger partial charge in [-0.1, -0.05) is 29.3 Å². The van der Waals surface area contributed by atoms with E-state index in [9.17, 15) is 4.79 Å². The molecule has 0 atom stereocenters. The number of hydrogen-bond acceptors (Lipinski definition) is 6. The van der Waals surface area contributed by atoms with E-state index in [1.165, 1.54) is 38.9 Å². The van der Waals surface area contributed by atoms with E-state index < -0.39 is 5.91 Å². The van der Waals surface area contributed by atoms with Gasteiger partial charge < -0.3 is 14.2 Å². The Bertz CT molecular complexity index is 1040. The first-order valence-corrected chi connectivity index (χ1v) is 9.56. The van der Waals surface area contributed by atoms with Crippen molar-refractivity contribution in [2.45, 2.75) is 0 Å². The molecule has 1 amide bonds. The van der Waals surface area contributed by atoms with Gasteiger partial charge in [-0.25, -0.2) is 5.43 Å². The van der Waals surface area contributed by atoms with Crippen molar-refractivity contribution in [2.24, 2.45) is 5.10 Å². The highest BCUT2D eigenvalue weighted by molar-refractivity contribution is 7.21. The number of nitrogens with one attached hydrogen (secondary N) is 1. The quantitative estimate of drug-likeness (QED) is 0.434.